The van der Waals surface area contributed by atoms with E-state index in [2.05, 4.69) is 24.1 Å². The summed E-state index contributed by atoms with van der Waals surface area (Å²) in [6.07, 6.45) is 0.916. The van der Waals surface area contributed by atoms with Gasteiger partial charge in [-0.2, -0.15) is 0 Å². The summed E-state index contributed by atoms with van der Waals surface area (Å²) in [7, 11) is 0. The van der Waals surface area contributed by atoms with Gasteiger partial charge in [0.25, 0.3) is 0 Å². The van der Waals surface area contributed by atoms with Crippen molar-refractivity contribution in [1.82, 2.24) is 10.2 Å². The lowest BCUT2D eigenvalue weighted by Crippen LogP contribution is -2.37. The van der Waals surface area contributed by atoms with Crippen LogP contribution in [-0.2, 0) is 11.2 Å². The van der Waals surface area contributed by atoms with E-state index >= 15 is 0 Å². The van der Waals surface area contributed by atoms with E-state index in [0.717, 1.165) is 49.7 Å². The summed E-state index contributed by atoms with van der Waals surface area (Å²) in [6.45, 7) is 9.93. The largest absolute Gasteiger partial charge is 0.454 e. The molecule has 2 rings (SSSR count). The van der Waals surface area contributed by atoms with Gasteiger partial charge in [0.05, 0.1) is 12.7 Å². The van der Waals surface area contributed by atoms with Crippen LogP contribution >= 0.6 is 0 Å². The Kier molecular flexibility index (Phi) is 10.6. The predicted molar refractivity (Wildman–Crippen MR) is 109 cm³/mol. The molecule has 0 bridgehead atoms. The smallest absolute Gasteiger partial charge is 0.231 e. The van der Waals surface area contributed by atoms with Crippen molar-refractivity contribution in [3.05, 3.63) is 23.8 Å². The molecule has 0 fully saturated rings. The van der Waals surface area contributed by atoms with Crippen molar-refractivity contribution in [1.29, 1.82) is 0 Å². The van der Waals surface area contributed by atoms with E-state index in [4.69, 9.17) is 14.2 Å². The number of hydrogen-bond acceptors (Lipinski definition) is 7. The molecule has 1 aromatic carbocycles. The van der Waals surface area contributed by atoms with E-state index in [1.807, 2.05) is 18.2 Å². The fraction of sp³-hybridized carbons (Fsp3) is 0.714. The van der Waals surface area contributed by atoms with Crippen molar-refractivity contribution in [3.8, 4) is 11.5 Å². The molecule has 7 heteroatoms. The Hall–Kier alpha value is -1.38. The second-order valence-electron chi connectivity index (χ2n) is 7.19. The lowest BCUT2D eigenvalue weighted by molar-refractivity contribution is 0.0178. The van der Waals surface area contributed by atoms with Gasteiger partial charge in [0.2, 0.25) is 6.79 Å². The minimum atomic E-state index is -0.531. The minimum Gasteiger partial charge on any atom is -0.454 e. The molecule has 0 radical (unpaired) electrons. The average molecular weight is 397 g/mol. The molecule has 3 N–H and O–H groups in total. The summed E-state index contributed by atoms with van der Waals surface area (Å²) < 4.78 is 16.5. The van der Waals surface area contributed by atoms with Crippen LogP contribution in [0.1, 0.15) is 25.8 Å². The number of ether oxygens (including phenoxy) is 3. The number of hydrogen-bond donors (Lipinski definition) is 3. The Balaban J connectivity index is 1.65. The molecule has 2 atom stereocenters. The molecule has 28 heavy (non-hydrogen) atoms. The summed E-state index contributed by atoms with van der Waals surface area (Å²) in [5, 5.41) is 22.7. The van der Waals surface area contributed by atoms with Crippen LogP contribution in [0.3, 0.4) is 0 Å². The maximum Gasteiger partial charge on any atom is 0.231 e. The number of aliphatic hydroxyl groups excluding tert-OH is 2. The van der Waals surface area contributed by atoms with Crippen LogP contribution in [0, 0.1) is 5.92 Å². The summed E-state index contributed by atoms with van der Waals surface area (Å²) in [5.74, 6) is 1.73. The number of rotatable bonds is 15. The minimum absolute atomic E-state index is 0.119. The van der Waals surface area contributed by atoms with Crippen LogP contribution in [0.5, 0.6) is 11.5 Å². The zero-order valence-corrected chi connectivity index (χ0v) is 17.2. The van der Waals surface area contributed by atoms with Gasteiger partial charge >= 0.3 is 0 Å². The molecule has 0 saturated heterocycles. The SMILES string of the molecule is CCN(CC)CCNCC(O)COCC(CCO)Cc1ccc2c(c1)OCO2. The lowest BCUT2D eigenvalue weighted by Gasteiger charge is -2.20. The highest BCUT2D eigenvalue weighted by molar-refractivity contribution is 5.44. The second kappa shape index (κ2) is 13.0. The van der Waals surface area contributed by atoms with Crippen LogP contribution in [0.2, 0.25) is 0 Å². The summed E-state index contributed by atoms with van der Waals surface area (Å²) in [5.41, 5.74) is 1.13. The number of nitrogens with one attached hydrogen (secondary N) is 1. The molecule has 1 heterocycles. The van der Waals surface area contributed by atoms with E-state index in [9.17, 15) is 10.2 Å². The molecule has 0 saturated carbocycles. The fourth-order valence-corrected chi connectivity index (χ4v) is 3.30. The maximum atomic E-state index is 10.1. The first kappa shape index (κ1) is 22.9. The number of aliphatic hydroxyl groups is 2. The second-order valence-corrected chi connectivity index (χ2v) is 7.19. The lowest BCUT2D eigenvalue weighted by atomic mass is 9.97. The number of nitrogens with zero attached hydrogens (tertiary/aromatic N) is 1. The third-order valence-corrected chi connectivity index (χ3v) is 5.04. The van der Waals surface area contributed by atoms with Crippen molar-refractivity contribution < 1.29 is 24.4 Å². The highest BCUT2D eigenvalue weighted by atomic mass is 16.7. The van der Waals surface area contributed by atoms with E-state index in [-0.39, 0.29) is 19.3 Å². The van der Waals surface area contributed by atoms with Crippen molar-refractivity contribution in [2.24, 2.45) is 5.92 Å². The molecule has 7 nitrogen and oxygen atoms in total. The van der Waals surface area contributed by atoms with Crippen LogP contribution in [0.15, 0.2) is 18.2 Å². The normalized spacial score (nSPS) is 15.2. The quantitative estimate of drug-likeness (QED) is 0.385. The zero-order valence-electron chi connectivity index (χ0n) is 17.2. The van der Waals surface area contributed by atoms with Gasteiger partial charge in [0.15, 0.2) is 11.5 Å². The molecule has 0 aromatic heterocycles. The highest BCUT2D eigenvalue weighted by Crippen LogP contribution is 2.33. The van der Waals surface area contributed by atoms with E-state index in [0.29, 0.717) is 26.2 Å². The molecule has 0 aliphatic carbocycles. The van der Waals surface area contributed by atoms with Gasteiger partial charge in [-0.25, -0.2) is 0 Å². The number of fused-ring (bicyclic) bond motifs is 1. The zero-order chi connectivity index (χ0) is 20.2. The Morgan fingerprint density at radius 3 is 2.71 bits per heavy atom. The van der Waals surface area contributed by atoms with Crippen LogP contribution in [-0.4, -0.2) is 80.6 Å². The van der Waals surface area contributed by atoms with Gasteiger partial charge in [-0.15, -0.1) is 0 Å². The molecule has 160 valence electrons. The third-order valence-electron chi connectivity index (χ3n) is 5.04. The summed E-state index contributed by atoms with van der Waals surface area (Å²) in [4.78, 5) is 2.34. The first-order valence-electron chi connectivity index (χ1n) is 10.3. The molecule has 1 aromatic rings. The van der Waals surface area contributed by atoms with Gasteiger partial charge < -0.3 is 34.6 Å². The molecule has 0 amide bonds. The van der Waals surface area contributed by atoms with E-state index < -0.39 is 6.10 Å². The Bertz CT molecular complexity index is 554. The number of likely N-dealkylation sites (N-methyl/N-ethyl adjacent to an activating group) is 1. The monoisotopic (exact) mass is 396 g/mol. The van der Waals surface area contributed by atoms with Crippen LogP contribution in [0.4, 0.5) is 0 Å². The van der Waals surface area contributed by atoms with E-state index in [1.165, 1.54) is 0 Å². The standard InChI is InChI=1S/C21H36N2O5/c1-3-23(4-2)9-8-22-13-19(25)15-26-14-18(7-10-24)11-17-5-6-20-21(12-17)28-16-27-20/h5-6,12,18-19,22,24-25H,3-4,7-11,13-16H2,1-2H3. The predicted octanol–water partition coefficient (Wildman–Crippen LogP) is 1.27. The Morgan fingerprint density at radius 2 is 1.96 bits per heavy atom. The molecular formula is C21H36N2O5. The Morgan fingerprint density at radius 1 is 1.18 bits per heavy atom. The summed E-state index contributed by atoms with van der Waals surface area (Å²) in [6, 6.07) is 5.93. The topological polar surface area (TPSA) is 83.4 Å². The first-order valence-corrected chi connectivity index (χ1v) is 10.3. The fourth-order valence-electron chi connectivity index (χ4n) is 3.30. The van der Waals surface area contributed by atoms with Gasteiger partial charge in [-0.3, -0.25) is 0 Å². The van der Waals surface area contributed by atoms with Crippen molar-refractivity contribution >= 4 is 0 Å². The van der Waals surface area contributed by atoms with Crippen molar-refractivity contribution in [3.63, 3.8) is 0 Å². The van der Waals surface area contributed by atoms with Crippen LogP contribution < -0.4 is 14.8 Å². The van der Waals surface area contributed by atoms with Crippen molar-refractivity contribution in [2.75, 3.05) is 59.3 Å². The van der Waals surface area contributed by atoms with Gasteiger partial charge in [-0.05, 0) is 49.5 Å². The number of benzene rings is 1. The van der Waals surface area contributed by atoms with Crippen molar-refractivity contribution in [2.45, 2.75) is 32.8 Å². The van der Waals surface area contributed by atoms with Gasteiger partial charge in [-0.1, -0.05) is 19.9 Å². The molecule has 0 spiro atoms. The Labute approximate surface area is 168 Å². The molecule has 1 aliphatic heterocycles. The van der Waals surface area contributed by atoms with Gasteiger partial charge in [0.1, 0.15) is 0 Å². The molecule has 2 unspecified atom stereocenters. The first-order chi connectivity index (χ1) is 13.7. The van der Waals surface area contributed by atoms with Crippen LogP contribution in [0.25, 0.3) is 0 Å². The summed E-state index contributed by atoms with van der Waals surface area (Å²) >= 11 is 0. The molecular weight excluding hydrogens is 360 g/mol. The highest BCUT2D eigenvalue weighted by Gasteiger charge is 2.16. The average Bonchev–Trinajstić information content (AvgIpc) is 3.16. The third kappa shape index (κ3) is 7.93. The van der Waals surface area contributed by atoms with E-state index in [1.54, 1.807) is 0 Å². The maximum absolute atomic E-state index is 10.1. The van der Waals surface area contributed by atoms with Gasteiger partial charge in [0, 0.05) is 32.8 Å². The molecule has 1 aliphatic rings.